The van der Waals surface area contributed by atoms with E-state index in [1.54, 1.807) is 0 Å². The highest BCUT2D eigenvalue weighted by Gasteiger charge is 2.41. The molecule has 0 amide bonds. The van der Waals surface area contributed by atoms with E-state index in [4.69, 9.17) is 9.47 Å². The molecular formula is C17H21BrO3. The van der Waals surface area contributed by atoms with Gasteiger partial charge in [-0.3, -0.25) is 4.79 Å². The fourth-order valence-electron chi connectivity index (χ4n) is 3.60. The molecule has 4 heteroatoms. The van der Waals surface area contributed by atoms with E-state index in [1.165, 1.54) is 5.56 Å². The van der Waals surface area contributed by atoms with Gasteiger partial charge in [0.2, 0.25) is 0 Å². The van der Waals surface area contributed by atoms with Crippen LogP contribution in [-0.4, -0.2) is 24.6 Å². The van der Waals surface area contributed by atoms with Crippen molar-refractivity contribution in [2.75, 3.05) is 6.61 Å². The van der Waals surface area contributed by atoms with Crippen LogP contribution in [0.1, 0.15) is 31.9 Å². The maximum Gasteiger partial charge on any atom is 0.143 e. The number of carbonyl (C=O) groups excluding carboxylic acids is 1. The molecule has 0 saturated carbocycles. The molecule has 2 heterocycles. The lowest BCUT2D eigenvalue weighted by molar-refractivity contribution is -0.124. The second-order valence-corrected chi connectivity index (χ2v) is 7.14. The maximum atomic E-state index is 12.7. The molecular weight excluding hydrogens is 332 g/mol. The fraction of sp³-hybridized carbons (Fsp3) is 0.588. The van der Waals surface area contributed by atoms with Crippen LogP contribution < -0.4 is 4.74 Å². The van der Waals surface area contributed by atoms with Crippen molar-refractivity contribution in [1.82, 2.24) is 0 Å². The minimum atomic E-state index is -0.0176. The van der Waals surface area contributed by atoms with E-state index in [0.29, 0.717) is 13.0 Å². The predicted molar refractivity (Wildman–Crippen MR) is 84.7 cm³/mol. The zero-order chi connectivity index (χ0) is 15.1. The Kier molecular flexibility index (Phi) is 4.10. The Morgan fingerprint density at radius 2 is 2.05 bits per heavy atom. The summed E-state index contributed by atoms with van der Waals surface area (Å²) in [6.45, 7) is 6.88. The number of Topliss-reactive ketones (excluding diaryl/α,β-unsaturated/α-hetero) is 1. The summed E-state index contributed by atoms with van der Waals surface area (Å²) in [5.41, 5.74) is 2.20. The zero-order valence-electron chi connectivity index (χ0n) is 12.7. The van der Waals surface area contributed by atoms with Crippen molar-refractivity contribution >= 4 is 21.7 Å². The summed E-state index contributed by atoms with van der Waals surface area (Å²) in [5.74, 6) is 1.43. The van der Waals surface area contributed by atoms with Gasteiger partial charge in [-0.25, -0.2) is 0 Å². The third kappa shape index (κ3) is 2.76. The number of ether oxygens (including phenoxy) is 2. The van der Waals surface area contributed by atoms with E-state index >= 15 is 0 Å². The van der Waals surface area contributed by atoms with Gasteiger partial charge in [0.15, 0.2) is 0 Å². The summed E-state index contributed by atoms with van der Waals surface area (Å²) in [7, 11) is 0. The number of fused-ring (bicyclic) bond motifs is 1. The molecule has 0 bridgehead atoms. The molecule has 4 unspecified atom stereocenters. The fourth-order valence-corrected chi connectivity index (χ4v) is 4.16. The van der Waals surface area contributed by atoms with E-state index in [1.807, 2.05) is 19.9 Å². The minimum absolute atomic E-state index is 0.00335. The molecule has 0 spiro atoms. The van der Waals surface area contributed by atoms with Gasteiger partial charge in [0, 0.05) is 28.8 Å². The van der Waals surface area contributed by atoms with E-state index in [-0.39, 0.29) is 29.8 Å². The molecule has 0 aliphatic carbocycles. The number of carbonyl (C=O) groups is 1. The molecule has 3 rings (SSSR count). The van der Waals surface area contributed by atoms with Gasteiger partial charge in [-0.15, -0.1) is 0 Å². The number of rotatable bonds is 3. The normalized spacial score (nSPS) is 31.0. The first-order chi connectivity index (χ1) is 9.97. The monoisotopic (exact) mass is 352 g/mol. The highest BCUT2D eigenvalue weighted by molar-refractivity contribution is 9.10. The van der Waals surface area contributed by atoms with Crippen LogP contribution >= 0.6 is 15.9 Å². The Bertz CT molecular complexity index is 569. The number of halogens is 1. The largest absolute Gasteiger partial charge is 0.493 e. The molecule has 0 N–H and O–H groups in total. The summed E-state index contributed by atoms with van der Waals surface area (Å²) in [6, 6.07) is 4.10. The Morgan fingerprint density at radius 3 is 2.71 bits per heavy atom. The molecule has 3 nitrogen and oxygen atoms in total. The topological polar surface area (TPSA) is 35.5 Å². The van der Waals surface area contributed by atoms with E-state index in [9.17, 15) is 4.79 Å². The second-order valence-electron chi connectivity index (χ2n) is 6.23. The molecule has 2 aliphatic rings. The first-order valence-electron chi connectivity index (χ1n) is 7.59. The van der Waals surface area contributed by atoms with Crippen LogP contribution in [0, 0.1) is 11.8 Å². The Morgan fingerprint density at radius 1 is 1.29 bits per heavy atom. The summed E-state index contributed by atoms with van der Waals surface area (Å²) in [6.07, 6.45) is 1.51. The van der Waals surface area contributed by atoms with Gasteiger partial charge in [-0.1, -0.05) is 22.9 Å². The lowest BCUT2D eigenvalue weighted by Crippen LogP contribution is -2.28. The Balaban J connectivity index is 1.83. The lowest BCUT2D eigenvalue weighted by atomic mass is 9.83. The standard InChI is InChI=1S/C17H21BrO3/c1-9-10(2)21-11(3)16(9)15(19)8-13-7-14(18)6-12-4-5-20-17(12)13/h6-7,9-11,16H,4-5,8H2,1-3H3. The second kappa shape index (κ2) is 5.73. The quantitative estimate of drug-likeness (QED) is 0.834. The van der Waals surface area contributed by atoms with Gasteiger partial charge in [0.25, 0.3) is 0 Å². The van der Waals surface area contributed by atoms with Crippen LogP contribution in [0.4, 0.5) is 0 Å². The summed E-state index contributed by atoms with van der Waals surface area (Å²) < 4.78 is 12.5. The van der Waals surface area contributed by atoms with Crippen LogP contribution in [0.15, 0.2) is 16.6 Å². The number of hydrogen-bond donors (Lipinski definition) is 0. The van der Waals surface area contributed by atoms with Gasteiger partial charge in [-0.2, -0.15) is 0 Å². The van der Waals surface area contributed by atoms with Crippen molar-refractivity contribution in [1.29, 1.82) is 0 Å². The minimum Gasteiger partial charge on any atom is -0.493 e. The average molecular weight is 353 g/mol. The third-order valence-corrected chi connectivity index (χ3v) is 5.26. The Labute approximate surface area is 134 Å². The zero-order valence-corrected chi connectivity index (χ0v) is 14.3. The highest BCUT2D eigenvalue weighted by Crippen LogP contribution is 2.37. The van der Waals surface area contributed by atoms with E-state index < -0.39 is 0 Å². The van der Waals surface area contributed by atoms with Gasteiger partial charge in [-0.05, 0) is 37.5 Å². The van der Waals surface area contributed by atoms with Gasteiger partial charge >= 0.3 is 0 Å². The number of benzene rings is 1. The van der Waals surface area contributed by atoms with Gasteiger partial charge in [0.05, 0.1) is 18.8 Å². The SMILES string of the molecule is CC1OC(C)C(C(=O)Cc2cc(Br)cc3c2OCC3)C1C. The van der Waals surface area contributed by atoms with Crippen molar-refractivity contribution in [3.05, 3.63) is 27.7 Å². The van der Waals surface area contributed by atoms with E-state index in [0.717, 1.165) is 22.2 Å². The van der Waals surface area contributed by atoms with Crippen molar-refractivity contribution < 1.29 is 14.3 Å². The van der Waals surface area contributed by atoms with Crippen molar-refractivity contribution in [2.45, 2.75) is 45.8 Å². The van der Waals surface area contributed by atoms with Crippen LogP contribution in [0.25, 0.3) is 0 Å². The molecule has 1 saturated heterocycles. The van der Waals surface area contributed by atoms with Crippen LogP contribution in [0.3, 0.4) is 0 Å². The molecule has 0 radical (unpaired) electrons. The van der Waals surface area contributed by atoms with Gasteiger partial charge < -0.3 is 9.47 Å². The van der Waals surface area contributed by atoms with E-state index in [2.05, 4.69) is 28.9 Å². The predicted octanol–water partition coefficient (Wildman–Crippen LogP) is 3.56. The molecule has 4 atom stereocenters. The molecule has 0 aromatic heterocycles. The van der Waals surface area contributed by atoms with Crippen molar-refractivity contribution in [2.24, 2.45) is 11.8 Å². The molecule has 1 aromatic rings. The molecule has 114 valence electrons. The third-order valence-electron chi connectivity index (χ3n) is 4.80. The first-order valence-corrected chi connectivity index (χ1v) is 8.39. The summed E-state index contributed by atoms with van der Waals surface area (Å²) in [5, 5.41) is 0. The lowest BCUT2D eigenvalue weighted by Gasteiger charge is -2.18. The van der Waals surface area contributed by atoms with Crippen LogP contribution in [0.2, 0.25) is 0 Å². The van der Waals surface area contributed by atoms with Gasteiger partial charge in [0.1, 0.15) is 11.5 Å². The maximum absolute atomic E-state index is 12.7. The molecule has 2 aliphatic heterocycles. The Hall–Kier alpha value is -0.870. The van der Waals surface area contributed by atoms with Crippen LogP contribution in [-0.2, 0) is 22.4 Å². The number of hydrogen-bond acceptors (Lipinski definition) is 3. The first kappa shape index (κ1) is 15.0. The molecule has 1 fully saturated rings. The smallest absolute Gasteiger partial charge is 0.143 e. The number of ketones is 1. The average Bonchev–Trinajstić information content (AvgIpc) is 2.95. The molecule has 21 heavy (non-hydrogen) atoms. The highest BCUT2D eigenvalue weighted by atomic mass is 79.9. The van der Waals surface area contributed by atoms with Crippen molar-refractivity contribution in [3.63, 3.8) is 0 Å². The summed E-state index contributed by atoms with van der Waals surface area (Å²) >= 11 is 3.53. The van der Waals surface area contributed by atoms with Crippen LogP contribution in [0.5, 0.6) is 5.75 Å². The van der Waals surface area contributed by atoms with Crippen molar-refractivity contribution in [3.8, 4) is 5.75 Å². The molecule has 1 aromatic carbocycles. The summed E-state index contributed by atoms with van der Waals surface area (Å²) in [4.78, 5) is 12.7.